The zero-order valence-corrected chi connectivity index (χ0v) is 16.1. The first-order valence-corrected chi connectivity index (χ1v) is 9.92. The predicted octanol–water partition coefficient (Wildman–Crippen LogP) is 3.03. The number of rotatable bonds is 3. The SMILES string of the molecule is Cc1ccc(CC(=O)N2CCCN(C(=O)NC3CCCC3)CC2)cc1C. The molecule has 0 unspecified atom stereocenters. The van der Waals surface area contributed by atoms with E-state index in [0.29, 0.717) is 25.6 Å². The maximum absolute atomic E-state index is 12.7. The second-order valence-electron chi connectivity index (χ2n) is 7.75. The minimum Gasteiger partial charge on any atom is -0.341 e. The van der Waals surface area contributed by atoms with E-state index in [1.54, 1.807) is 0 Å². The summed E-state index contributed by atoms with van der Waals surface area (Å²) in [5.74, 6) is 0.159. The van der Waals surface area contributed by atoms with Gasteiger partial charge in [0.05, 0.1) is 6.42 Å². The van der Waals surface area contributed by atoms with Gasteiger partial charge >= 0.3 is 6.03 Å². The molecule has 0 bridgehead atoms. The molecule has 1 saturated carbocycles. The highest BCUT2D eigenvalue weighted by molar-refractivity contribution is 5.79. The molecule has 1 aromatic carbocycles. The van der Waals surface area contributed by atoms with Crippen LogP contribution in [0.3, 0.4) is 0 Å². The van der Waals surface area contributed by atoms with E-state index < -0.39 is 0 Å². The van der Waals surface area contributed by atoms with Crippen molar-refractivity contribution < 1.29 is 9.59 Å². The highest BCUT2D eigenvalue weighted by atomic mass is 16.2. The fraction of sp³-hybridized carbons (Fsp3) is 0.619. The van der Waals surface area contributed by atoms with Crippen LogP contribution in [0, 0.1) is 13.8 Å². The summed E-state index contributed by atoms with van der Waals surface area (Å²) in [6.07, 6.45) is 5.91. The van der Waals surface area contributed by atoms with E-state index in [1.165, 1.54) is 24.0 Å². The summed E-state index contributed by atoms with van der Waals surface area (Å²) in [5, 5.41) is 3.16. The molecule has 1 heterocycles. The lowest BCUT2D eigenvalue weighted by Crippen LogP contribution is -2.45. The molecule has 3 amide bonds. The van der Waals surface area contributed by atoms with Crippen LogP contribution in [0.2, 0.25) is 0 Å². The summed E-state index contributed by atoms with van der Waals surface area (Å²) in [7, 11) is 0. The van der Waals surface area contributed by atoms with Crippen molar-refractivity contribution in [3.05, 3.63) is 34.9 Å². The third-order valence-corrected chi connectivity index (χ3v) is 5.75. The summed E-state index contributed by atoms with van der Waals surface area (Å²) < 4.78 is 0. The quantitative estimate of drug-likeness (QED) is 0.904. The van der Waals surface area contributed by atoms with Crippen LogP contribution in [0.25, 0.3) is 0 Å². The van der Waals surface area contributed by atoms with Gasteiger partial charge in [0.25, 0.3) is 0 Å². The second-order valence-corrected chi connectivity index (χ2v) is 7.75. The molecule has 1 saturated heterocycles. The molecule has 3 rings (SSSR count). The zero-order chi connectivity index (χ0) is 18.5. The zero-order valence-electron chi connectivity index (χ0n) is 16.1. The number of nitrogens with one attached hydrogen (secondary N) is 1. The number of amides is 3. The molecule has 5 nitrogen and oxygen atoms in total. The van der Waals surface area contributed by atoms with Gasteiger partial charge < -0.3 is 15.1 Å². The van der Waals surface area contributed by atoms with Crippen LogP contribution < -0.4 is 5.32 Å². The second kappa shape index (κ2) is 8.56. The Morgan fingerprint density at radius 1 is 0.962 bits per heavy atom. The molecule has 1 aliphatic heterocycles. The van der Waals surface area contributed by atoms with E-state index in [2.05, 4.69) is 31.3 Å². The molecule has 142 valence electrons. The fourth-order valence-electron chi connectivity index (χ4n) is 3.91. The average Bonchev–Trinajstić information content (AvgIpc) is 2.99. The molecule has 0 spiro atoms. The van der Waals surface area contributed by atoms with E-state index in [1.807, 2.05) is 15.9 Å². The van der Waals surface area contributed by atoms with Crippen LogP contribution >= 0.6 is 0 Å². The summed E-state index contributed by atoms with van der Waals surface area (Å²) in [6, 6.07) is 6.61. The molecule has 1 N–H and O–H groups in total. The van der Waals surface area contributed by atoms with Gasteiger partial charge in [-0.3, -0.25) is 4.79 Å². The van der Waals surface area contributed by atoms with Gasteiger partial charge in [0.2, 0.25) is 5.91 Å². The molecular formula is C21H31N3O2. The number of nitrogens with zero attached hydrogens (tertiary/aromatic N) is 2. The molecule has 5 heteroatoms. The van der Waals surface area contributed by atoms with Gasteiger partial charge in [0, 0.05) is 32.2 Å². The Morgan fingerprint density at radius 3 is 2.38 bits per heavy atom. The third-order valence-electron chi connectivity index (χ3n) is 5.75. The lowest BCUT2D eigenvalue weighted by molar-refractivity contribution is -0.130. The van der Waals surface area contributed by atoms with Gasteiger partial charge in [0.15, 0.2) is 0 Å². The number of benzene rings is 1. The predicted molar refractivity (Wildman–Crippen MR) is 103 cm³/mol. The van der Waals surface area contributed by atoms with Crippen molar-refractivity contribution in [1.82, 2.24) is 15.1 Å². The Hall–Kier alpha value is -2.04. The highest BCUT2D eigenvalue weighted by Gasteiger charge is 2.24. The molecular weight excluding hydrogens is 326 g/mol. The largest absolute Gasteiger partial charge is 0.341 e. The van der Waals surface area contributed by atoms with Crippen molar-refractivity contribution >= 4 is 11.9 Å². The van der Waals surface area contributed by atoms with Gasteiger partial charge in [-0.1, -0.05) is 31.0 Å². The lowest BCUT2D eigenvalue weighted by Gasteiger charge is -2.24. The van der Waals surface area contributed by atoms with Crippen LogP contribution in [0.15, 0.2) is 18.2 Å². The maximum atomic E-state index is 12.7. The standard InChI is InChI=1S/C21H31N3O2/c1-16-8-9-18(14-17(16)2)15-20(25)23-10-5-11-24(13-12-23)21(26)22-19-6-3-4-7-19/h8-9,14,19H,3-7,10-13,15H2,1-2H3,(H,22,26). The fourth-order valence-corrected chi connectivity index (χ4v) is 3.91. The average molecular weight is 357 g/mol. The Kier molecular flexibility index (Phi) is 6.17. The maximum Gasteiger partial charge on any atom is 0.317 e. The molecule has 1 aliphatic carbocycles. The number of hydrogen-bond donors (Lipinski definition) is 1. The van der Waals surface area contributed by atoms with E-state index in [4.69, 9.17) is 0 Å². The summed E-state index contributed by atoms with van der Waals surface area (Å²) in [6.45, 7) is 6.87. The van der Waals surface area contributed by atoms with Gasteiger partial charge in [-0.25, -0.2) is 4.79 Å². The Bertz CT molecular complexity index is 653. The number of carbonyl (C=O) groups excluding carboxylic acids is 2. The number of hydrogen-bond acceptors (Lipinski definition) is 2. The lowest BCUT2D eigenvalue weighted by atomic mass is 10.0. The number of aryl methyl sites for hydroxylation is 2. The Morgan fingerprint density at radius 2 is 1.65 bits per heavy atom. The molecule has 0 radical (unpaired) electrons. The van der Waals surface area contributed by atoms with Crippen molar-refractivity contribution in [2.45, 2.75) is 58.4 Å². The molecule has 2 aliphatic rings. The molecule has 2 fully saturated rings. The number of urea groups is 1. The first kappa shape index (κ1) is 18.7. The van der Waals surface area contributed by atoms with Crippen LogP contribution in [0.4, 0.5) is 4.79 Å². The van der Waals surface area contributed by atoms with Crippen LogP contribution in [0.5, 0.6) is 0 Å². The topological polar surface area (TPSA) is 52.7 Å². The summed E-state index contributed by atoms with van der Waals surface area (Å²) in [4.78, 5) is 28.9. The van der Waals surface area contributed by atoms with E-state index >= 15 is 0 Å². The molecule has 0 aromatic heterocycles. The van der Waals surface area contributed by atoms with Crippen LogP contribution in [0.1, 0.15) is 48.8 Å². The normalized spacial score (nSPS) is 18.7. The van der Waals surface area contributed by atoms with Crippen LogP contribution in [-0.2, 0) is 11.2 Å². The highest BCUT2D eigenvalue weighted by Crippen LogP contribution is 2.18. The van der Waals surface area contributed by atoms with Crippen molar-refractivity contribution in [2.24, 2.45) is 0 Å². The Balaban J connectivity index is 1.51. The first-order valence-electron chi connectivity index (χ1n) is 9.92. The molecule has 1 aromatic rings. The minimum absolute atomic E-state index is 0.0420. The number of carbonyl (C=O) groups is 2. The van der Waals surface area contributed by atoms with Gasteiger partial charge in [-0.15, -0.1) is 0 Å². The van der Waals surface area contributed by atoms with E-state index in [0.717, 1.165) is 37.9 Å². The Labute approximate surface area is 156 Å². The third kappa shape index (κ3) is 4.77. The van der Waals surface area contributed by atoms with E-state index in [-0.39, 0.29) is 11.9 Å². The molecule has 0 atom stereocenters. The van der Waals surface area contributed by atoms with Gasteiger partial charge in [-0.05, 0) is 49.8 Å². The van der Waals surface area contributed by atoms with Crippen molar-refractivity contribution in [3.63, 3.8) is 0 Å². The van der Waals surface area contributed by atoms with E-state index in [9.17, 15) is 9.59 Å². The first-order chi connectivity index (χ1) is 12.5. The summed E-state index contributed by atoms with van der Waals surface area (Å²) >= 11 is 0. The van der Waals surface area contributed by atoms with Gasteiger partial charge in [0.1, 0.15) is 0 Å². The molecule has 26 heavy (non-hydrogen) atoms. The monoisotopic (exact) mass is 357 g/mol. The van der Waals surface area contributed by atoms with Crippen LogP contribution in [-0.4, -0.2) is 54.0 Å². The minimum atomic E-state index is 0.0420. The van der Waals surface area contributed by atoms with Gasteiger partial charge in [-0.2, -0.15) is 0 Å². The van der Waals surface area contributed by atoms with Crippen molar-refractivity contribution in [3.8, 4) is 0 Å². The van der Waals surface area contributed by atoms with Crippen molar-refractivity contribution in [1.29, 1.82) is 0 Å². The smallest absolute Gasteiger partial charge is 0.317 e. The summed E-state index contributed by atoms with van der Waals surface area (Å²) in [5.41, 5.74) is 3.54. The van der Waals surface area contributed by atoms with Crippen molar-refractivity contribution in [2.75, 3.05) is 26.2 Å².